The van der Waals surface area contributed by atoms with Gasteiger partial charge in [-0.2, -0.15) is 0 Å². The molecule has 2 aromatic carbocycles. The van der Waals surface area contributed by atoms with Gasteiger partial charge in [0, 0.05) is 9.92 Å². The fourth-order valence-electron chi connectivity index (χ4n) is 2.13. The lowest BCUT2D eigenvalue weighted by molar-refractivity contribution is 0.103. The van der Waals surface area contributed by atoms with Gasteiger partial charge in [-0.25, -0.2) is 4.68 Å². The van der Waals surface area contributed by atoms with E-state index in [4.69, 9.17) is 39.5 Å². The van der Waals surface area contributed by atoms with Crippen LogP contribution in [0.4, 0.5) is 0 Å². The predicted molar refractivity (Wildman–Crippen MR) is 98.6 cm³/mol. The van der Waals surface area contributed by atoms with E-state index in [1.54, 1.807) is 18.3 Å². The first kappa shape index (κ1) is 17.6. The maximum atomic E-state index is 6.18. The summed E-state index contributed by atoms with van der Waals surface area (Å²) in [5.41, 5.74) is 2.20. The Morgan fingerprint density at radius 3 is 2.46 bits per heavy atom. The zero-order valence-electron chi connectivity index (χ0n) is 12.3. The zero-order chi connectivity index (χ0) is 17.1. The van der Waals surface area contributed by atoms with Gasteiger partial charge < -0.3 is 4.74 Å². The minimum absolute atomic E-state index is 0.310. The van der Waals surface area contributed by atoms with Crippen LogP contribution in [-0.2, 0) is 18.0 Å². The molecule has 8 heteroatoms. The van der Waals surface area contributed by atoms with E-state index in [0.29, 0.717) is 39.7 Å². The van der Waals surface area contributed by atoms with Crippen LogP contribution in [0, 0.1) is 0 Å². The van der Waals surface area contributed by atoms with Gasteiger partial charge in [0.2, 0.25) is 0 Å². The Morgan fingerprint density at radius 2 is 1.75 bits per heavy atom. The van der Waals surface area contributed by atoms with E-state index in [1.807, 2.05) is 24.3 Å². The summed E-state index contributed by atoms with van der Waals surface area (Å²) < 4.78 is 7.17. The van der Waals surface area contributed by atoms with E-state index in [2.05, 4.69) is 22.9 Å². The normalized spacial score (nSPS) is 11.0. The van der Waals surface area contributed by atoms with Crippen LogP contribution in [0.15, 0.2) is 47.5 Å². The minimum Gasteiger partial charge on any atom is -0.370 e. The van der Waals surface area contributed by atoms with E-state index in [0.717, 1.165) is 10.5 Å². The number of ether oxygens (including phenoxy) is 1. The van der Waals surface area contributed by atoms with Crippen LogP contribution in [0.3, 0.4) is 0 Å². The molecule has 0 unspecified atom stereocenters. The Kier molecular flexibility index (Phi) is 5.69. The van der Waals surface area contributed by atoms with Crippen LogP contribution < -0.4 is 0 Å². The van der Waals surface area contributed by atoms with Crippen LogP contribution in [0.2, 0.25) is 15.1 Å². The summed E-state index contributed by atoms with van der Waals surface area (Å²) in [5.74, 6) is 0. The average molecular weight is 401 g/mol. The Bertz CT molecular complexity index is 846. The number of aromatic nitrogens is 3. The van der Waals surface area contributed by atoms with Crippen molar-refractivity contribution in [3.05, 3.63) is 68.9 Å². The van der Waals surface area contributed by atoms with Gasteiger partial charge in [-0.15, -0.1) is 17.7 Å². The van der Waals surface area contributed by atoms with Gasteiger partial charge in [-0.3, -0.25) is 0 Å². The molecule has 1 aromatic heterocycles. The Labute approximate surface area is 159 Å². The predicted octanol–water partition coefficient (Wildman–Crippen LogP) is 5.23. The SMILES string of the molecule is Sc1ccccc1COCc1cn(-c2c(Cl)cc(Cl)cc2Cl)nn1. The van der Waals surface area contributed by atoms with E-state index < -0.39 is 0 Å². The maximum Gasteiger partial charge on any atom is 0.109 e. The van der Waals surface area contributed by atoms with E-state index >= 15 is 0 Å². The van der Waals surface area contributed by atoms with Crippen molar-refractivity contribution in [2.75, 3.05) is 0 Å². The maximum absolute atomic E-state index is 6.18. The molecule has 0 aliphatic carbocycles. The molecule has 0 bridgehead atoms. The molecule has 0 radical (unpaired) electrons. The summed E-state index contributed by atoms with van der Waals surface area (Å²) in [4.78, 5) is 0.890. The molecule has 3 rings (SSSR count). The van der Waals surface area contributed by atoms with E-state index in [1.165, 1.54) is 4.68 Å². The number of rotatable bonds is 5. The number of benzene rings is 2. The molecule has 4 nitrogen and oxygen atoms in total. The number of thiol groups is 1. The standard InChI is InChI=1S/C16H12Cl3N3OS/c17-11-5-13(18)16(14(19)6-11)22-7-12(20-21-22)9-23-8-10-3-1-2-4-15(10)24/h1-7,24H,8-9H2. The van der Waals surface area contributed by atoms with Crippen molar-refractivity contribution in [2.45, 2.75) is 18.1 Å². The van der Waals surface area contributed by atoms with E-state index in [9.17, 15) is 0 Å². The van der Waals surface area contributed by atoms with Crippen molar-refractivity contribution in [3.8, 4) is 5.69 Å². The van der Waals surface area contributed by atoms with Crippen LogP contribution in [0.1, 0.15) is 11.3 Å². The third kappa shape index (κ3) is 4.05. The molecule has 0 spiro atoms. The Morgan fingerprint density at radius 1 is 1.04 bits per heavy atom. The first-order chi connectivity index (χ1) is 11.5. The topological polar surface area (TPSA) is 39.9 Å². The molecule has 0 aliphatic rings. The Balaban J connectivity index is 1.69. The van der Waals surface area contributed by atoms with Crippen molar-refractivity contribution in [3.63, 3.8) is 0 Å². The monoisotopic (exact) mass is 399 g/mol. The van der Waals surface area contributed by atoms with Crippen molar-refractivity contribution in [1.82, 2.24) is 15.0 Å². The van der Waals surface area contributed by atoms with Gasteiger partial charge in [0.05, 0.1) is 29.5 Å². The second-order valence-electron chi connectivity index (χ2n) is 4.99. The molecular formula is C16H12Cl3N3OS. The van der Waals surface area contributed by atoms with Crippen LogP contribution in [-0.4, -0.2) is 15.0 Å². The van der Waals surface area contributed by atoms with Gasteiger partial charge in [0.1, 0.15) is 11.4 Å². The Hall–Kier alpha value is -1.24. The molecule has 0 saturated heterocycles. The quantitative estimate of drug-likeness (QED) is 0.596. The van der Waals surface area contributed by atoms with Gasteiger partial charge in [-0.05, 0) is 23.8 Å². The summed E-state index contributed by atoms with van der Waals surface area (Å²) in [6, 6.07) is 11.0. The van der Waals surface area contributed by atoms with Gasteiger partial charge >= 0.3 is 0 Å². The molecule has 0 saturated carbocycles. The highest BCUT2D eigenvalue weighted by molar-refractivity contribution is 7.80. The first-order valence-corrected chi connectivity index (χ1v) is 8.53. The first-order valence-electron chi connectivity index (χ1n) is 6.95. The summed E-state index contributed by atoms with van der Waals surface area (Å²) in [6.07, 6.45) is 1.72. The lowest BCUT2D eigenvalue weighted by Gasteiger charge is -2.06. The molecule has 3 aromatic rings. The summed E-state index contributed by atoms with van der Waals surface area (Å²) in [5, 5.41) is 9.37. The highest BCUT2D eigenvalue weighted by Crippen LogP contribution is 2.31. The molecule has 0 amide bonds. The lowest BCUT2D eigenvalue weighted by atomic mass is 10.2. The molecular weight excluding hydrogens is 389 g/mol. The number of hydrogen-bond acceptors (Lipinski definition) is 4. The van der Waals surface area contributed by atoms with E-state index in [-0.39, 0.29) is 0 Å². The number of hydrogen-bond donors (Lipinski definition) is 1. The molecule has 0 aliphatic heterocycles. The molecule has 1 heterocycles. The zero-order valence-corrected chi connectivity index (χ0v) is 15.4. The van der Waals surface area contributed by atoms with Crippen LogP contribution >= 0.6 is 47.4 Å². The van der Waals surface area contributed by atoms with Gasteiger partial charge in [-0.1, -0.05) is 58.2 Å². The minimum atomic E-state index is 0.310. The number of nitrogens with zero attached hydrogens (tertiary/aromatic N) is 3. The molecule has 124 valence electrons. The summed E-state index contributed by atoms with van der Waals surface area (Å²) in [6.45, 7) is 0.750. The second-order valence-corrected chi connectivity index (χ2v) is 6.73. The van der Waals surface area contributed by atoms with Crippen LogP contribution in [0.5, 0.6) is 0 Å². The smallest absolute Gasteiger partial charge is 0.109 e. The summed E-state index contributed by atoms with van der Waals surface area (Å²) >= 11 is 22.7. The molecule has 0 fully saturated rings. The van der Waals surface area contributed by atoms with Gasteiger partial charge in [0.25, 0.3) is 0 Å². The molecule has 0 atom stereocenters. The highest BCUT2D eigenvalue weighted by atomic mass is 35.5. The third-order valence-electron chi connectivity index (χ3n) is 3.25. The van der Waals surface area contributed by atoms with Crippen molar-refractivity contribution >= 4 is 47.4 Å². The fourth-order valence-corrected chi connectivity index (χ4v) is 3.34. The van der Waals surface area contributed by atoms with Crippen molar-refractivity contribution in [2.24, 2.45) is 0 Å². The van der Waals surface area contributed by atoms with Crippen molar-refractivity contribution in [1.29, 1.82) is 0 Å². The largest absolute Gasteiger partial charge is 0.370 e. The van der Waals surface area contributed by atoms with Crippen LogP contribution in [0.25, 0.3) is 5.69 Å². The fraction of sp³-hybridized carbons (Fsp3) is 0.125. The average Bonchev–Trinajstić information content (AvgIpc) is 2.96. The highest BCUT2D eigenvalue weighted by Gasteiger charge is 2.12. The molecule has 24 heavy (non-hydrogen) atoms. The molecule has 0 N–H and O–H groups in total. The summed E-state index contributed by atoms with van der Waals surface area (Å²) in [7, 11) is 0. The lowest BCUT2D eigenvalue weighted by Crippen LogP contribution is -1.97. The van der Waals surface area contributed by atoms with Gasteiger partial charge in [0.15, 0.2) is 0 Å². The second kappa shape index (κ2) is 7.76. The number of halogens is 3. The van der Waals surface area contributed by atoms with Crippen molar-refractivity contribution < 1.29 is 4.74 Å². The third-order valence-corrected chi connectivity index (χ3v) is 4.48.